The normalized spacial score (nSPS) is 18.9. The zero-order chi connectivity index (χ0) is 18.4. The van der Waals surface area contributed by atoms with Gasteiger partial charge in [-0.25, -0.2) is 4.79 Å². The van der Waals surface area contributed by atoms with Crippen LogP contribution in [0.4, 0.5) is 4.79 Å². The molecule has 5 nitrogen and oxygen atoms in total. The summed E-state index contributed by atoms with van der Waals surface area (Å²) in [5.74, 6) is 0.926. The lowest BCUT2D eigenvalue weighted by molar-refractivity contribution is 0.00524. The Hall–Kier alpha value is -1.02. The Morgan fingerprint density at radius 2 is 2.08 bits per heavy atom. The molecule has 1 fully saturated rings. The number of ether oxygens (including phenoxy) is 2. The zero-order valence-corrected chi connectivity index (χ0v) is 17.8. The number of carbonyl (C=O) groups excluding carboxylic acids is 1. The van der Waals surface area contributed by atoms with E-state index >= 15 is 0 Å². The first-order valence-electron chi connectivity index (χ1n) is 8.85. The minimum absolute atomic E-state index is 0.207. The van der Waals surface area contributed by atoms with Gasteiger partial charge in [0, 0.05) is 35.8 Å². The SMILES string of the molecule is C[C@@H]1CN(C(=O)OC(C)(C)C)CCN1CCCOc1cccc(I)c1. The van der Waals surface area contributed by atoms with Gasteiger partial charge in [0.25, 0.3) is 0 Å². The Kier molecular flexibility index (Phi) is 7.37. The molecule has 1 amide bonds. The third-order valence-electron chi connectivity index (χ3n) is 4.07. The second-order valence-corrected chi connectivity index (χ2v) is 8.72. The molecule has 0 aliphatic carbocycles. The number of hydrogen-bond donors (Lipinski definition) is 0. The molecule has 1 aliphatic heterocycles. The molecule has 1 aromatic rings. The van der Waals surface area contributed by atoms with Crippen molar-refractivity contribution in [1.29, 1.82) is 0 Å². The topological polar surface area (TPSA) is 42.0 Å². The molecule has 0 spiro atoms. The van der Waals surface area contributed by atoms with Crippen molar-refractivity contribution >= 4 is 28.7 Å². The molecule has 25 heavy (non-hydrogen) atoms. The molecule has 1 heterocycles. The maximum Gasteiger partial charge on any atom is 0.410 e. The molecule has 6 heteroatoms. The summed E-state index contributed by atoms with van der Waals surface area (Å²) in [5, 5.41) is 0. The number of halogens is 1. The Balaban J connectivity index is 1.70. The van der Waals surface area contributed by atoms with Crippen LogP contribution in [0.5, 0.6) is 5.75 Å². The van der Waals surface area contributed by atoms with E-state index in [-0.39, 0.29) is 6.09 Å². The van der Waals surface area contributed by atoms with Gasteiger partial charge >= 0.3 is 6.09 Å². The molecule has 0 aromatic heterocycles. The van der Waals surface area contributed by atoms with Gasteiger partial charge in [-0.05, 0) is 74.9 Å². The summed E-state index contributed by atoms with van der Waals surface area (Å²) in [6.45, 7) is 11.9. The van der Waals surface area contributed by atoms with Crippen molar-refractivity contribution in [3.63, 3.8) is 0 Å². The average Bonchev–Trinajstić information content (AvgIpc) is 2.51. The molecule has 1 atom stereocenters. The fourth-order valence-corrected chi connectivity index (χ4v) is 3.35. The molecule has 2 rings (SSSR count). The number of hydrogen-bond acceptors (Lipinski definition) is 4. The van der Waals surface area contributed by atoms with Crippen LogP contribution in [-0.2, 0) is 4.74 Å². The van der Waals surface area contributed by atoms with E-state index in [2.05, 4.69) is 40.5 Å². The van der Waals surface area contributed by atoms with E-state index in [9.17, 15) is 4.79 Å². The third kappa shape index (κ3) is 7.01. The van der Waals surface area contributed by atoms with Crippen LogP contribution in [0, 0.1) is 3.57 Å². The molecule has 1 aromatic carbocycles. The lowest BCUT2D eigenvalue weighted by atomic mass is 10.2. The van der Waals surface area contributed by atoms with E-state index in [1.54, 1.807) is 0 Å². The molecule has 0 unspecified atom stereocenters. The maximum atomic E-state index is 12.2. The van der Waals surface area contributed by atoms with E-state index < -0.39 is 5.60 Å². The van der Waals surface area contributed by atoms with Gasteiger partial charge in [0.2, 0.25) is 0 Å². The van der Waals surface area contributed by atoms with Crippen LogP contribution in [0.3, 0.4) is 0 Å². The van der Waals surface area contributed by atoms with Gasteiger partial charge in [-0.2, -0.15) is 0 Å². The fourth-order valence-electron chi connectivity index (χ4n) is 2.83. The van der Waals surface area contributed by atoms with Crippen LogP contribution >= 0.6 is 22.6 Å². The van der Waals surface area contributed by atoms with Crippen molar-refractivity contribution in [2.24, 2.45) is 0 Å². The number of nitrogens with zero attached hydrogens (tertiary/aromatic N) is 2. The van der Waals surface area contributed by atoms with Crippen molar-refractivity contribution < 1.29 is 14.3 Å². The first-order chi connectivity index (χ1) is 11.7. The van der Waals surface area contributed by atoms with Crippen LogP contribution < -0.4 is 4.74 Å². The zero-order valence-electron chi connectivity index (χ0n) is 15.6. The largest absolute Gasteiger partial charge is 0.494 e. The van der Waals surface area contributed by atoms with E-state index in [1.807, 2.05) is 43.9 Å². The maximum absolute atomic E-state index is 12.2. The quantitative estimate of drug-likeness (QED) is 0.492. The van der Waals surface area contributed by atoms with Gasteiger partial charge in [-0.15, -0.1) is 0 Å². The first-order valence-corrected chi connectivity index (χ1v) is 9.93. The smallest absolute Gasteiger partial charge is 0.410 e. The summed E-state index contributed by atoms with van der Waals surface area (Å²) in [4.78, 5) is 16.4. The lowest BCUT2D eigenvalue weighted by Crippen LogP contribution is -2.54. The van der Waals surface area contributed by atoms with E-state index in [0.29, 0.717) is 19.2 Å². The van der Waals surface area contributed by atoms with Gasteiger partial charge in [0.15, 0.2) is 0 Å². The average molecular weight is 460 g/mol. The molecular weight excluding hydrogens is 431 g/mol. The van der Waals surface area contributed by atoms with Crippen LogP contribution in [0.2, 0.25) is 0 Å². The predicted octanol–water partition coefficient (Wildman–Crippen LogP) is 4.00. The van der Waals surface area contributed by atoms with Crippen LogP contribution in [0.25, 0.3) is 0 Å². The fraction of sp³-hybridized carbons (Fsp3) is 0.632. The van der Waals surface area contributed by atoms with Gasteiger partial charge in [0.05, 0.1) is 6.61 Å². The third-order valence-corrected chi connectivity index (χ3v) is 4.74. The van der Waals surface area contributed by atoms with E-state index in [0.717, 1.165) is 31.8 Å². The molecule has 0 bridgehead atoms. The number of benzene rings is 1. The van der Waals surface area contributed by atoms with Gasteiger partial charge in [-0.1, -0.05) is 6.07 Å². The molecule has 140 valence electrons. The number of carbonyl (C=O) groups is 1. The van der Waals surface area contributed by atoms with Crippen molar-refractivity contribution in [2.75, 3.05) is 32.8 Å². The molecule has 0 radical (unpaired) electrons. The molecule has 0 N–H and O–H groups in total. The second-order valence-electron chi connectivity index (χ2n) is 7.47. The Morgan fingerprint density at radius 3 is 2.72 bits per heavy atom. The lowest BCUT2D eigenvalue weighted by Gasteiger charge is -2.40. The van der Waals surface area contributed by atoms with Gasteiger partial charge in [0.1, 0.15) is 11.4 Å². The minimum Gasteiger partial charge on any atom is -0.494 e. The molecular formula is C19H29IN2O3. The summed E-state index contributed by atoms with van der Waals surface area (Å²) in [7, 11) is 0. The predicted molar refractivity (Wildman–Crippen MR) is 108 cm³/mol. The van der Waals surface area contributed by atoms with Gasteiger partial charge in [-0.3, -0.25) is 4.90 Å². The summed E-state index contributed by atoms with van der Waals surface area (Å²) >= 11 is 2.29. The summed E-state index contributed by atoms with van der Waals surface area (Å²) in [6.07, 6.45) is 0.767. The van der Waals surface area contributed by atoms with Crippen molar-refractivity contribution in [1.82, 2.24) is 9.80 Å². The van der Waals surface area contributed by atoms with E-state index in [4.69, 9.17) is 9.47 Å². The number of rotatable bonds is 5. The highest BCUT2D eigenvalue weighted by molar-refractivity contribution is 14.1. The molecule has 1 aliphatic rings. The Bertz CT molecular complexity index is 574. The number of piperazine rings is 1. The standard InChI is InChI=1S/C19H29IN2O3/c1-15-14-22(18(23)25-19(2,3)4)11-10-21(15)9-6-12-24-17-8-5-7-16(20)13-17/h5,7-8,13,15H,6,9-12,14H2,1-4H3/t15-/m1/s1. The second kappa shape index (κ2) is 9.07. The monoisotopic (exact) mass is 460 g/mol. The summed E-state index contributed by atoms with van der Waals surface area (Å²) in [5.41, 5.74) is -0.440. The summed E-state index contributed by atoms with van der Waals surface area (Å²) in [6, 6.07) is 8.43. The van der Waals surface area contributed by atoms with Crippen molar-refractivity contribution in [2.45, 2.75) is 45.8 Å². The van der Waals surface area contributed by atoms with E-state index in [1.165, 1.54) is 3.57 Å². The Morgan fingerprint density at radius 1 is 1.32 bits per heavy atom. The minimum atomic E-state index is -0.440. The number of amides is 1. The highest BCUT2D eigenvalue weighted by atomic mass is 127. The van der Waals surface area contributed by atoms with Crippen LogP contribution in [0.1, 0.15) is 34.1 Å². The summed E-state index contributed by atoms with van der Waals surface area (Å²) < 4.78 is 12.5. The first kappa shape index (κ1) is 20.3. The molecule has 1 saturated heterocycles. The van der Waals surface area contributed by atoms with Crippen molar-refractivity contribution in [3.05, 3.63) is 27.8 Å². The Labute approximate surface area is 164 Å². The van der Waals surface area contributed by atoms with Crippen LogP contribution in [0.15, 0.2) is 24.3 Å². The van der Waals surface area contributed by atoms with Gasteiger partial charge < -0.3 is 14.4 Å². The van der Waals surface area contributed by atoms with Crippen LogP contribution in [-0.4, -0.2) is 60.3 Å². The highest BCUT2D eigenvalue weighted by Crippen LogP contribution is 2.17. The highest BCUT2D eigenvalue weighted by Gasteiger charge is 2.29. The molecule has 0 saturated carbocycles. The van der Waals surface area contributed by atoms with Crippen molar-refractivity contribution in [3.8, 4) is 5.75 Å².